The molecule has 2 atom stereocenters. The van der Waals surface area contributed by atoms with Crippen LogP contribution in [0.5, 0.6) is 0 Å². The number of hydrogen-bond acceptors (Lipinski definition) is 5. The molecule has 1 aliphatic rings. The van der Waals surface area contributed by atoms with Crippen LogP contribution in [-0.2, 0) is 25.4 Å². The highest BCUT2D eigenvalue weighted by Crippen LogP contribution is 2.17. The van der Waals surface area contributed by atoms with Crippen molar-refractivity contribution in [3.8, 4) is 0 Å². The van der Waals surface area contributed by atoms with Gasteiger partial charge >= 0.3 is 12.1 Å². The van der Waals surface area contributed by atoms with Gasteiger partial charge in [-0.15, -0.1) is 0 Å². The minimum Gasteiger partial charge on any atom is -0.445 e. The molecule has 0 radical (unpaired) electrons. The van der Waals surface area contributed by atoms with Crippen molar-refractivity contribution in [2.24, 2.45) is 0 Å². The normalized spacial score (nSPS) is 19.9. The summed E-state index contributed by atoms with van der Waals surface area (Å²) in [6.45, 7) is 4.00. The minimum absolute atomic E-state index is 0.0759. The Hall–Kier alpha value is -2.34. The highest BCUT2D eigenvalue weighted by Gasteiger charge is 2.37. The summed E-state index contributed by atoms with van der Waals surface area (Å²) in [5.74, 6) is -0.396. The molecule has 0 aromatic heterocycles. The van der Waals surface area contributed by atoms with Crippen molar-refractivity contribution in [1.82, 2.24) is 5.32 Å². The van der Waals surface area contributed by atoms with Gasteiger partial charge in [0.15, 0.2) is 0 Å². The first-order valence-electron chi connectivity index (χ1n) is 7.58. The van der Waals surface area contributed by atoms with Gasteiger partial charge < -0.3 is 19.5 Å². The number of nitrogens with one attached hydrogen (secondary N) is 1. The van der Waals surface area contributed by atoms with Gasteiger partial charge in [-0.05, 0) is 18.4 Å². The Labute approximate surface area is 135 Å². The molecule has 124 valence electrons. The maximum Gasteiger partial charge on any atom is 0.407 e. The van der Waals surface area contributed by atoms with E-state index in [0.29, 0.717) is 6.61 Å². The second-order valence-corrected chi connectivity index (χ2v) is 5.16. The Balaban J connectivity index is 1.72. The largest absolute Gasteiger partial charge is 0.445 e. The zero-order valence-corrected chi connectivity index (χ0v) is 12.9. The van der Waals surface area contributed by atoms with E-state index in [4.69, 9.17) is 14.2 Å². The lowest BCUT2D eigenvalue weighted by atomic mass is 10.1. The number of rotatable bonds is 8. The monoisotopic (exact) mass is 319 g/mol. The van der Waals surface area contributed by atoms with Crippen molar-refractivity contribution in [2.75, 3.05) is 13.2 Å². The highest BCUT2D eigenvalue weighted by molar-refractivity contribution is 5.75. The van der Waals surface area contributed by atoms with Crippen LogP contribution in [0.1, 0.15) is 18.4 Å². The molecule has 1 aromatic carbocycles. The first-order valence-corrected chi connectivity index (χ1v) is 7.58. The molecular formula is C17H21NO5. The van der Waals surface area contributed by atoms with E-state index in [1.165, 1.54) is 11.6 Å². The third-order valence-electron chi connectivity index (χ3n) is 3.33. The molecule has 2 rings (SSSR count). The third kappa shape index (κ3) is 5.75. The van der Waals surface area contributed by atoms with E-state index in [9.17, 15) is 9.59 Å². The Morgan fingerprint density at radius 1 is 1.39 bits per heavy atom. The summed E-state index contributed by atoms with van der Waals surface area (Å²) in [6.07, 6.45) is 1.83. The van der Waals surface area contributed by atoms with E-state index < -0.39 is 24.4 Å². The minimum atomic E-state index is -0.769. The predicted molar refractivity (Wildman–Crippen MR) is 83.7 cm³/mol. The number of aryl methyl sites for hydroxylation is 1. The first kappa shape index (κ1) is 17.0. The molecule has 0 spiro atoms. The summed E-state index contributed by atoms with van der Waals surface area (Å²) >= 11 is 0. The molecule has 23 heavy (non-hydrogen) atoms. The summed E-state index contributed by atoms with van der Waals surface area (Å²) < 4.78 is 15.5. The van der Waals surface area contributed by atoms with Crippen LogP contribution in [0.2, 0.25) is 0 Å². The molecule has 1 fully saturated rings. The smallest absolute Gasteiger partial charge is 0.407 e. The molecule has 1 aliphatic heterocycles. The van der Waals surface area contributed by atoms with Crippen molar-refractivity contribution < 1.29 is 23.8 Å². The third-order valence-corrected chi connectivity index (χ3v) is 3.33. The number of carbonyl (C=O) groups is 2. The van der Waals surface area contributed by atoms with Crippen LogP contribution in [-0.4, -0.2) is 37.6 Å². The number of hydrogen-bond donors (Lipinski definition) is 1. The molecule has 2 unspecified atom stereocenters. The number of benzene rings is 1. The number of cyclic esters (lactones) is 1. The van der Waals surface area contributed by atoms with Gasteiger partial charge in [0, 0.05) is 0 Å². The van der Waals surface area contributed by atoms with Crippen LogP contribution in [0.15, 0.2) is 43.0 Å². The van der Waals surface area contributed by atoms with Crippen LogP contribution >= 0.6 is 0 Å². The summed E-state index contributed by atoms with van der Waals surface area (Å²) in [4.78, 5) is 22.9. The van der Waals surface area contributed by atoms with E-state index in [-0.39, 0.29) is 13.0 Å². The molecule has 0 bridgehead atoms. The topological polar surface area (TPSA) is 73.9 Å². The molecule has 1 N–H and O–H groups in total. The van der Waals surface area contributed by atoms with Crippen LogP contribution < -0.4 is 5.32 Å². The lowest BCUT2D eigenvalue weighted by molar-refractivity contribution is -0.164. The SMILES string of the molecule is C=CCOC(=O)NC1CC(=O)OC1OCCCc1ccccc1. The molecule has 6 heteroatoms. The standard InChI is InChI=1S/C17H21NO5/c1-2-10-22-17(20)18-14-12-15(19)23-16(14)21-11-6-9-13-7-4-3-5-8-13/h2-5,7-8,14,16H,1,6,9-12H2,(H,18,20). The first-order chi connectivity index (χ1) is 11.2. The van der Waals surface area contributed by atoms with Crippen LogP contribution in [0.25, 0.3) is 0 Å². The molecule has 6 nitrogen and oxygen atoms in total. The summed E-state index contributed by atoms with van der Waals surface area (Å²) in [5, 5.41) is 2.57. The Bertz CT molecular complexity index is 531. The maximum atomic E-state index is 11.5. The zero-order chi connectivity index (χ0) is 16.5. The number of carbonyl (C=O) groups excluding carboxylic acids is 2. The van der Waals surface area contributed by atoms with E-state index in [2.05, 4.69) is 24.0 Å². The molecule has 0 aliphatic carbocycles. The van der Waals surface area contributed by atoms with Crippen molar-refractivity contribution >= 4 is 12.1 Å². The fraction of sp³-hybridized carbons (Fsp3) is 0.412. The fourth-order valence-corrected chi connectivity index (χ4v) is 2.25. The number of alkyl carbamates (subject to hydrolysis) is 1. The predicted octanol–water partition coefficient (Wildman–Crippen LogP) is 2.19. The average molecular weight is 319 g/mol. The number of esters is 1. The molecule has 1 heterocycles. The highest BCUT2D eigenvalue weighted by atomic mass is 16.7. The Morgan fingerprint density at radius 2 is 2.17 bits per heavy atom. The summed E-state index contributed by atoms with van der Waals surface area (Å²) in [5.41, 5.74) is 1.22. The average Bonchev–Trinajstić information content (AvgIpc) is 2.90. The van der Waals surface area contributed by atoms with Crippen molar-refractivity contribution in [1.29, 1.82) is 0 Å². The van der Waals surface area contributed by atoms with Gasteiger partial charge in [0.05, 0.1) is 13.0 Å². The van der Waals surface area contributed by atoms with Gasteiger partial charge in [-0.3, -0.25) is 4.79 Å². The van der Waals surface area contributed by atoms with E-state index in [1.54, 1.807) is 0 Å². The fourth-order valence-electron chi connectivity index (χ4n) is 2.25. The molecular weight excluding hydrogens is 298 g/mol. The van der Waals surface area contributed by atoms with Gasteiger partial charge in [0.1, 0.15) is 12.6 Å². The van der Waals surface area contributed by atoms with Gasteiger partial charge in [-0.25, -0.2) is 4.79 Å². The summed E-state index contributed by atoms with van der Waals surface area (Å²) in [6, 6.07) is 9.52. The van der Waals surface area contributed by atoms with Crippen LogP contribution in [0, 0.1) is 0 Å². The molecule has 1 saturated heterocycles. The van der Waals surface area contributed by atoms with Gasteiger partial charge in [-0.1, -0.05) is 43.0 Å². The molecule has 0 saturated carbocycles. The summed E-state index contributed by atoms with van der Waals surface area (Å²) in [7, 11) is 0. The maximum absolute atomic E-state index is 11.5. The van der Waals surface area contributed by atoms with E-state index in [0.717, 1.165) is 12.8 Å². The molecule has 1 aromatic rings. The van der Waals surface area contributed by atoms with Crippen molar-refractivity contribution in [3.63, 3.8) is 0 Å². The van der Waals surface area contributed by atoms with Crippen molar-refractivity contribution in [3.05, 3.63) is 48.6 Å². The lowest BCUT2D eigenvalue weighted by Crippen LogP contribution is -2.42. The Kier molecular flexibility index (Phi) is 6.62. The number of amides is 1. The zero-order valence-electron chi connectivity index (χ0n) is 12.9. The second-order valence-electron chi connectivity index (χ2n) is 5.16. The van der Waals surface area contributed by atoms with E-state index in [1.807, 2.05) is 18.2 Å². The van der Waals surface area contributed by atoms with Crippen molar-refractivity contribution in [2.45, 2.75) is 31.6 Å². The van der Waals surface area contributed by atoms with E-state index >= 15 is 0 Å². The van der Waals surface area contributed by atoms with Crippen LogP contribution in [0.3, 0.4) is 0 Å². The van der Waals surface area contributed by atoms with Gasteiger partial charge in [-0.2, -0.15) is 0 Å². The molecule has 1 amide bonds. The second kappa shape index (κ2) is 8.95. The Morgan fingerprint density at radius 3 is 2.91 bits per heavy atom. The van der Waals surface area contributed by atoms with Crippen LogP contribution in [0.4, 0.5) is 4.79 Å². The number of ether oxygens (including phenoxy) is 3. The van der Waals surface area contributed by atoms with Gasteiger partial charge in [0.2, 0.25) is 6.29 Å². The van der Waals surface area contributed by atoms with Gasteiger partial charge in [0.25, 0.3) is 0 Å². The lowest BCUT2D eigenvalue weighted by Gasteiger charge is -2.18. The quantitative estimate of drug-likeness (QED) is 0.452.